The van der Waals surface area contributed by atoms with Gasteiger partial charge in [-0.3, -0.25) is 9.89 Å². The van der Waals surface area contributed by atoms with Gasteiger partial charge in [-0.2, -0.15) is 10.2 Å². The van der Waals surface area contributed by atoms with Gasteiger partial charge in [-0.1, -0.05) is 42.0 Å². The van der Waals surface area contributed by atoms with E-state index < -0.39 is 5.91 Å². The maximum absolute atomic E-state index is 12.4. The predicted octanol–water partition coefficient (Wildman–Crippen LogP) is 4.74. The van der Waals surface area contributed by atoms with Gasteiger partial charge >= 0.3 is 0 Å². The van der Waals surface area contributed by atoms with Gasteiger partial charge in [0.15, 0.2) is 0 Å². The highest BCUT2D eigenvalue weighted by Crippen LogP contribution is 2.22. The molecule has 4 rings (SSSR count). The molecule has 0 unspecified atom stereocenters. The molecule has 33 heavy (non-hydrogen) atoms. The van der Waals surface area contributed by atoms with E-state index in [1.54, 1.807) is 13.2 Å². The maximum atomic E-state index is 12.4. The Labute approximate surface area is 192 Å². The van der Waals surface area contributed by atoms with Crippen molar-refractivity contribution in [3.63, 3.8) is 0 Å². The van der Waals surface area contributed by atoms with Crippen molar-refractivity contribution in [1.82, 2.24) is 15.6 Å². The molecule has 0 aliphatic heterocycles. The molecule has 0 bridgehead atoms. The third kappa shape index (κ3) is 5.65. The molecule has 0 saturated carbocycles. The monoisotopic (exact) mass is 440 g/mol. The Morgan fingerprint density at radius 2 is 1.82 bits per heavy atom. The highest BCUT2D eigenvalue weighted by molar-refractivity contribution is 5.94. The van der Waals surface area contributed by atoms with Gasteiger partial charge in [-0.15, -0.1) is 0 Å². The molecule has 0 saturated heterocycles. The summed E-state index contributed by atoms with van der Waals surface area (Å²) in [7, 11) is 1.58. The average molecular weight is 441 g/mol. The largest absolute Gasteiger partial charge is 0.496 e. The van der Waals surface area contributed by atoms with Crippen LogP contribution >= 0.6 is 0 Å². The van der Waals surface area contributed by atoms with E-state index in [9.17, 15) is 4.79 Å². The topological polar surface area (TPSA) is 88.6 Å². The summed E-state index contributed by atoms with van der Waals surface area (Å²) in [6.07, 6.45) is 1.53. The van der Waals surface area contributed by atoms with Crippen molar-refractivity contribution in [3.8, 4) is 22.8 Å². The lowest BCUT2D eigenvalue weighted by atomic mass is 10.1. The Morgan fingerprint density at radius 3 is 2.58 bits per heavy atom. The Kier molecular flexibility index (Phi) is 6.80. The summed E-state index contributed by atoms with van der Waals surface area (Å²) in [6.45, 7) is 2.56. The SMILES string of the molecule is COc1ccccc1C=NNC(=O)c1cc(-c2ccc(OCc3ccc(C)cc3)cc2)n[nH]1. The average Bonchev–Trinajstić information content (AvgIpc) is 3.35. The second kappa shape index (κ2) is 10.3. The fraction of sp³-hybridized carbons (Fsp3) is 0.115. The number of benzene rings is 3. The van der Waals surface area contributed by atoms with Crippen molar-refractivity contribution in [2.45, 2.75) is 13.5 Å². The zero-order valence-corrected chi connectivity index (χ0v) is 18.4. The van der Waals surface area contributed by atoms with Gasteiger partial charge in [-0.25, -0.2) is 5.43 Å². The third-order valence-electron chi connectivity index (χ3n) is 5.01. The summed E-state index contributed by atoms with van der Waals surface area (Å²) in [5, 5.41) is 11.0. The normalized spacial score (nSPS) is 10.8. The number of aryl methyl sites for hydroxylation is 1. The molecule has 2 N–H and O–H groups in total. The number of rotatable bonds is 8. The highest BCUT2D eigenvalue weighted by Gasteiger charge is 2.11. The number of hydrogen-bond donors (Lipinski definition) is 2. The Hall–Kier alpha value is -4.39. The number of amides is 1. The molecule has 0 aliphatic rings. The lowest BCUT2D eigenvalue weighted by Crippen LogP contribution is -2.18. The standard InChI is InChI=1S/C26H24N4O3/c1-18-7-9-19(10-8-18)17-33-22-13-11-20(12-14-22)23-15-24(29-28-23)26(31)30-27-16-21-5-3-4-6-25(21)32-2/h3-16H,17H2,1-2H3,(H,28,29)(H,30,31). The lowest BCUT2D eigenvalue weighted by Gasteiger charge is -2.07. The molecule has 0 atom stereocenters. The first-order valence-corrected chi connectivity index (χ1v) is 10.4. The molecule has 0 spiro atoms. The number of ether oxygens (including phenoxy) is 2. The van der Waals surface area contributed by atoms with Crippen LogP contribution in [0.4, 0.5) is 0 Å². The first-order chi connectivity index (χ1) is 16.1. The number of nitrogens with one attached hydrogen (secondary N) is 2. The molecule has 3 aromatic carbocycles. The molecule has 1 amide bonds. The van der Waals surface area contributed by atoms with Crippen LogP contribution in [0.3, 0.4) is 0 Å². The van der Waals surface area contributed by atoms with Crippen LogP contribution in [-0.2, 0) is 6.61 Å². The fourth-order valence-electron chi connectivity index (χ4n) is 3.15. The van der Waals surface area contributed by atoms with Crippen molar-refractivity contribution in [3.05, 3.63) is 101 Å². The van der Waals surface area contributed by atoms with Crippen LogP contribution in [0, 0.1) is 6.92 Å². The smallest absolute Gasteiger partial charge is 0.289 e. The number of nitrogens with zero attached hydrogens (tertiary/aromatic N) is 2. The number of para-hydroxylation sites is 1. The van der Waals surface area contributed by atoms with E-state index in [2.05, 4.69) is 51.9 Å². The van der Waals surface area contributed by atoms with E-state index >= 15 is 0 Å². The third-order valence-corrected chi connectivity index (χ3v) is 5.01. The molecule has 0 radical (unpaired) electrons. The number of carbonyl (C=O) groups excluding carboxylic acids is 1. The highest BCUT2D eigenvalue weighted by atomic mass is 16.5. The van der Waals surface area contributed by atoms with Crippen molar-refractivity contribution < 1.29 is 14.3 Å². The summed E-state index contributed by atoms with van der Waals surface area (Å²) in [5.74, 6) is 1.04. The minimum Gasteiger partial charge on any atom is -0.496 e. The van der Waals surface area contributed by atoms with Gasteiger partial charge < -0.3 is 9.47 Å². The number of aromatic nitrogens is 2. The summed E-state index contributed by atoms with van der Waals surface area (Å²) in [6, 6.07) is 24.9. The first-order valence-electron chi connectivity index (χ1n) is 10.4. The molecular weight excluding hydrogens is 416 g/mol. The van der Waals surface area contributed by atoms with Gasteiger partial charge in [0.1, 0.15) is 23.8 Å². The summed E-state index contributed by atoms with van der Waals surface area (Å²) < 4.78 is 11.1. The van der Waals surface area contributed by atoms with Crippen LogP contribution in [0.15, 0.2) is 84.0 Å². The van der Waals surface area contributed by atoms with Gasteiger partial charge in [-0.05, 0) is 55.0 Å². The number of hydrogen-bond acceptors (Lipinski definition) is 5. The quantitative estimate of drug-likeness (QED) is 0.306. The number of hydrazone groups is 1. The summed E-state index contributed by atoms with van der Waals surface area (Å²) >= 11 is 0. The number of carbonyl (C=O) groups is 1. The van der Waals surface area contributed by atoms with Crippen LogP contribution in [-0.4, -0.2) is 29.4 Å². The molecule has 7 nitrogen and oxygen atoms in total. The second-order valence-corrected chi connectivity index (χ2v) is 7.41. The number of H-pyrrole nitrogens is 1. The molecule has 4 aromatic rings. The Bertz CT molecular complexity index is 1250. The zero-order valence-electron chi connectivity index (χ0n) is 18.4. The van der Waals surface area contributed by atoms with Gasteiger partial charge in [0, 0.05) is 11.1 Å². The van der Waals surface area contributed by atoms with Crippen molar-refractivity contribution in [2.75, 3.05) is 7.11 Å². The van der Waals surface area contributed by atoms with Gasteiger partial charge in [0.05, 0.1) is 19.0 Å². The maximum Gasteiger partial charge on any atom is 0.289 e. The molecule has 0 aliphatic carbocycles. The zero-order chi connectivity index (χ0) is 23.0. The molecule has 0 fully saturated rings. The number of aromatic amines is 1. The lowest BCUT2D eigenvalue weighted by molar-refractivity contribution is 0.0950. The van der Waals surface area contributed by atoms with Gasteiger partial charge in [0.25, 0.3) is 5.91 Å². The van der Waals surface area contributed by atoms with E-state index in [1.807, 2.05) is 48.5 Å². The fourth-order valence-corrected chi connectivity index (χ4v) is 3.15. The van der Waals surface area contributed by atoms with E-state index in [-0.39, 0.29) is 0 Å². The minimum atomic E-state index is -0.391. The number of methoxy groups -OCH3 is 1. The first kappa shape index (κ1) is 21.8. The van der Waals surface area contributed by atoms with E-state index in [4.69, 9.17) is 9.47 Å². The molecule has 7 heteroatoms. The van der Waals surface area contributed by atoms with Crippen molar-refractivity contribution in [2.24, 2.45) is 5.10 Å². The van der Waals surface area contributed by atoms with E-state index in [1.165, 1.54) is 11.8 Å². The van der Waals surface area contributed by atoms with Crippen LogP contribution in [0.5, 0.6) is 11.5 Å². The molecular formula is C26H24N4O3. The summed E-state index contributed by atoms with van der Waals surface area (Å²) in [4.78, 5) is 12.4. The second-order valence-electron chi connectivity index (χ2n) is 7.41. The van der Waals surface area contributed by atoms with Crippen molar-refractivity contribution in [1.29, 1.82) is 0 Å². The minimum absolute atomic E-state index is 0.307. The summed E-state index contributed by atoms with van der Waals surface area (Å²) in [5.41, 5.74) is 7.41. The van der Waals surface area contributed by atoms with Crippen LogP contribution in [0.1, 0.15) is 27.2 Å². The van der Waals surface area contributed by atoms with Crippen LogP contribution in [0.25, 0.3) is 11.3 Å². The Balaban J connectivity index is 1.34. The van der Waals surface area contributed by atoms with E-state index in [0.29, 0.717) is 23.7 Å². The molecule has 166 valence electrons. The van der Waals surface area contributed by atoms with E-state index in [0.717, 1.165) is 22.4 Å². The molecule has 1 heterocycles. The van der Waals surface area contributed by atoms with Gasteiger partial charge in [0.2, 0.25) is 0 Å². The Morgan fingerprint density at radius 1 is 1.06 bits per heavy atom. The predicted molar refractivity (Wildman–Crippen MR) is 128 cm³/mol. The molecule has 1 aromatic heterocycles. The van der Waals surface area contributed by atoms with Crippen LogP contribution < -0.4 is 14.9 Å². The van der Waals surface area contributed by atoms with Crippen molar-refractivity contribution >= 4 is 12.1 Å². The van der Waals surface area contributed by atoms with Crippen LogP contribution in [0.2, 0.25) is 0 Å².